The van der Waals surface area contributed by atoms with Gasteiger partial charge in [-0.1, -0.05) is 0 Å². The smallest absolute Gasteiger partial charge is 0.410 e. The summed E-state index contributed by atoms with van der Waals surface area (Å²) < 4.78 is 13.5. The Labute approximate surface area is 186 Å². The van der Waals surface area contributed by atoms with Gasteiger partial charge >= 0.3 is 6.09 Å². The van der Waals surface area contributed by atoms with Gasteiger partial charge in [-0.25, -0.2) is 4.79 Å². The van der Waals surface area contributed by atoms with Gasteiger partial charge in [0.15, 0.2) is 0 Å². The first kappa shape index (κ1) is 24.2. The molecule has 168 valence electrons. The monoisotopic (exact) mass is 485 g/mol. The molecule has 8 nitrogen and oxygen atoms in total. The van der Waals surface area contributed by atoms with Crippen LogP contribution in [0.25, 0.3) is 0 Å². The van der Waals surface area contributed by atoms with E-state index in [4.69, 9.17) is 9.47 Å². The van der Waals surface area contributed by atoms with E-state index >= 15 is 0 Å². The molecule has 1 aromatic rings. The molecular formula is C21H32BrN3O5. The first-order chi connectivity index (χ1) is 13.9. The van der Waals surface area contributed by atoms with Crippen LogP contribution in [0.5, 0.6) is 5.75 Å². The van der Waals surface area contributed by atoms with Crippen LogP contribution in [0.1, 0.15) is 53.4 Å². The number of likely N-dealkylation sites (N-methyl/N-ethyl adjacent to an activating group) is 1. The molecule has 2 rings (SSSR count). The molecule has 30 heavy (non-hydrogen) atoms. The second kappa shape index (κ2) is 9.85. The summed E-state index contributed by atoms with van der Waals surface area (Å²) in [6, 6.07) is 0.871. The number of ether oxygens (including phenoxy) is 2. The maximum atomic E-state index is 12.6. The quantitative estimate of drug-likeness (QED) is 0.691. The summed E-state index contributed by atoms with van der Waals surface area (Å²) in [4.78, 5) is 37.9. The zero-order chi connectivity index (χ0) is 22.6. The molecule has 0 bridgehead atoms. The van der Waals surface area contributed by atoms with Crippen LogP contribution in [-0.2, 0) is 16.6 Å². The highest BCUT2D eigenvalue weighted by atomic mass is 79.9. The van der Waals surface area contributed by atoms with Gasteiger partial charge in [0, 0.05) is 32.4 Å². The number of nitrogens with one attached hydrogen (secondary N) is 1. The number of rotatable bonds is 5. The fraction of sp³-hybridized carbons (Fsp3) is 0.667. The van der Waals surface area contributed by atoms with Crippen LogP contribution in [0.15, 0.2) is 21.5 Å². The highest BCUT2D eigenvalue weighted by molar-refractivity contribution is 9.10. The predicted molar refractivity (Wildman–Crippen MR) is 118 cm³/mol. The Bertz CT molecular complexity index is 825. The van der Waals surface area contributed by atoms with E-state index in [1.54, 1.807) is 48.0 Å². The number of aryl methyl sites for hydroxylation is 1. The van der Waals surface area contributed by atoms with Crippen molar-refractivity contribution in [2.24, 2.45) is 7.05 Å². The van der Waals surface area contributed by atoms with Crippen LogP contribution in [0.3, 0.4) is 0 Å². The Morgan fingerprint density at radius 1 is 1.27 bits per heavy atom. The van der Waals surface area contributed by atoms with Crippen molar-refractivity contribution >= 4 is 27.9 Å². The minimum Gasteiger partial charge on any atom is -0.489 e. The van der Waals surface area contributed by atoms with E-state index in [1.807, 2.05) is 0 Å². The molecule has 0 saturated heterocycles. The van der Waals surface area contributed by atoms with Gasteiger partial charge in [0.1, 0.15) is 17.4 Å². The first-order valence-corrected chi connectivity index (χ1v) is 11.0. The highest BCUT2D eigenvalue weighted by Crippen LogP contribution is 2.28. The molecule has 1 N–H and O–H groups in total. The van der Waals surface area contributed by atoms with Crippen molar-refractivity contribution in [2.45, 2.75) is 77.2 Å². The summed E-state index contributed by atoms with van der Waals surface area (Å²) in [6.45, 7) is 7.04. The molecule has 0 unspecified atom stereocenters. The molecule has 0 aliphatic heterocycles. The molecule has 0 radical (unpaired) electrons. The number of carbonyl (C=O) groups is 2. The maximum absolute atomic E-state index is 12.6. The van der Waals surface area contributed by atoms with E-state index in [-0.39, 0.29) is 23.6 Å². The summed E-state index contributed by atoms with van der Waals surface area (Å²) in [6.07, 6.45) is 4.21. The number of aromatic nitrogens is 1. The number of pyridine rings is 1. The van der Waals surface area contributed by atoms with E-state index in [9.17, 15) is 14.4 Å². The maximum Gasteiger partial charge on any atom is 0.410 e. The zero-order valence-corrected chi connectivity index (χ0v) is 20.1. The van der Waals surface area contributed by atoms with Gasteiger partial charge in [0.2, 0.25) is 5.91 Å². The number of hydrogen-bond acceptors (Lipinski definition) is 5. The predicted octanol–water partition coefficient (Wildman–Crippen LogP) is 3.21. The molecular weight excluding hydrogens is 454 g/mol. The third kappa shape index (κ3) is 6.75. The fourth-order valence-electron chi connectivity index (χ4n) is 3.16. The summed E-state index contributed by atoms with van der Waals surface area (Å²) in [5, 5.41) is 3.02. The molecule has 1 saturated carbocycles. The van der Waals surface area contributed by atoms with Crippen LogP contribution in [-0.4, -0.2) is 52.3 Å². The molecule has 1 heterocycles. The van der Waals surface area contributed by atoms with Crippen LogP contribution in [0, 0.1) is 0 Å². The fourth-order valence-corrected chi connectivity index (χ4v) is 3.68. The molecule has 9 heteroatoms. The van der Waals surface area contributed by atoms with Gasteiger partial charge < -0.3 is 19.4 Å². The van der Waals surface area contributed by atoms with Crippen molar-refractivity contribution in [2.75, 3.05) is 7.05 Å². The standard InChI is InChI=1S/C21H32BrN3O5/c1-13(25(6)20(28)30-21(2,3)4)19(27)23-14-7-9-15(10-8-14)29-17-11-18(26)24(5)12-16(17)22/h11-15H,7-10H2,1-6H3,(H,23,27)/t13-,14?,15?/m1/s1. The Morgan fingerprint density at radius 3 is 2.43 bits per heavy atom. The lowest BCUT2D eigenvalue weighted by molar-refractivity contribution is -0.126. The van der Waals surface area contributed by atoms with Crippen LogP contribution in [0.4, 0.5) is 4.79 Å². The van der Waals surface area contributed by atoms with Gasteiger partial charge in [0.05, 0.1) is 10.6 Å². The van der Waals surface area contributed by atoms with E-state index in [0.29, 0.717) is 5.75 Å². The van der Waals surface area contributed by atoms with Crippen LogP contribution < -0.4 is 15.6 Å². The van der Waals surface area contributed by atoms with Crippen molar-refractivity contribution < 1.29 is 19.1 Å². The van der Waals surface area contributed by atoms with Crippen molar-refractivity contribution in [3.05, 3.63) is 27.1 Å². The lowest BCUT2D eigenvalue weighted by Crippen LogP contribution is -2.50. The SMILES string of the molecule is C[C@H](C(=O)NC1CCC(Oc2cc(=O)n(C)cc2Br)CC1)N(C)C(=O)OC(C)(C)C. The summed E-state index contributed by atoms with van der Waals surface area (Å²) >= 11 is 3.43. The molecule has 2 amide bonds. The lowest BCUT2D eigenvalue weighted by atomic mass is 9.92. The molecule has 0 spiro atoms. The van der Waals surface area contributed by atoms with Gasteiger partial charge in [0.25, 0.3) is 5.56 Å². The van der Waals surface area contributed by atoms with Gasteiger partial charge in [-0.15, -0.1) is 0 Å². The summed E-state index contributed by atoms with van der Waals surface area (Å²) in [7, 11) is 3.25. The largest absolute Gasteiger partial charge is 0.489 e. The van der Waals surface area contributed by atoms with Crippen molar-refractivity contribution in [1.82, 2.24) is 14.8 Å². The first-order valence-electron chi connectivity index (χ1n) is 10.2. The molecule has 0 aromatic carbocycles. The number of halogens is 1. The number of amides is 2. The van der Waals surface area contributed by atoms with E-state index in [0.717, 1.165) is 30.2 Å². The van der Waals surface area contributed by atoms with Gasteiger partial charge in [-0.2, -0.15) is 0 Å². The zero-order valence-electron chi connectivity index (χ0n) is 18.5. The van der Waals surface area contributed by atoms with Crippen molar-refractivity contribution in [3.8, 4) is 5.75 Å². The Balaban J connectivity index is 1.84. The normalized spacial score (nSPS) is 20.2. The Morgan fingerprint density at radius 2 is 1.87 bits per heavy atom. The number of carbonyl (C=O) groups excluding carboxylic acids is 2. The minimum atomic E-state index is -0.634. The average molecular weight is 486 g/mol. The second-order valence-corrected chi connectivity index (χ2v) is 9.66. The van der Waals surface area contributed by atoms with Crippen LogP contribution >= 0.6 is 15.9 Å². The van der Waals surface area contributed by atoms with E-state index < -0.39 is 17.7 Å². The Kier molecular flexibility index (Phi) is 7.96. The molecule has 1 aliphatic carbocycles. The molecule has 1 aromatic heterocycles. The van der Waals surface area contributed by atoms with Gasteiger partial charge in [-0.05, 0) is 69.3 Å². The van der Waals surface area contributed by atoms with Crippen LogP contribution in [0.2, 0.25) is 0 Å². The van der Waals surface area contributed by atoms with Gasteiger partial charge in [-0.3, -0.25) is 14.5 Å². The number of nitrogens with zero attached hydrogens (tertiary/aromatic N) is 2. The third-order valence-electron chi connectivity index (χ3n) is 5.10. The van der Waals surface area contributed by atoms with E-state index in [2.05, 4.69) is 21.2 Å². The summed E-state index contributed by atoms with van der Waals surface area (Å²) in [5.74, 6) is 0.334. The topological polar surface area (TPSA) is 89.9 Å². The molecule has 1 atom stereocenters. The average Bonchev–Trinajstić information content (AvgIpc) is 2.65. The third-order valence-corrected chi connectivity index (χ3v) is 5.70. The van der Waals surface area contributed by atoms with Crippen molar-refractivity contribution in [3.63, 3.8) is 0 Å². The number of hydrogen-bond donors (Lipinski definition) is 1. The van der Waals surface area contributed by atoms with E-state index in [1.165, 1.54) is 15.5 Å². The minimum absolute atomic E-state index is 0.0107. The highest BCUT2D eigenvalue weighted by Gasteiger charge is 2.30. The van der Waals surface area contributed by atoms with Crippen molar-refractivity contribution in [1.29, 1.82) is 0 Å². The summed E-state index contributed by atoms with van der Waals surface area (Å²) in [5.41, 5.74) is -0.741. The lowest BCUT2D eigenvalue weighted by Gasteiger charge is -2.32. The Hall–Kier alpha value is -2.03. The molecule has 1 fully saturated rings. The molecule has 1 aliphatic rings. The second-order valence-electron chi connectivity index (χ2n) is 8.80.